The molecule has 2 fully saturated rings. The maximum atomic E-state index is 12.2. The third-order valence-electron chi connectivity index (χ3n) is 5.02. The zero-order chi connectivity index (χ0) is 16.9. The summed E-state index contributed by atoms with van der Waals surface area (Å²) in [6.07, 6.45) is 8.81. The number of nitrogens with one attached hydrogen (secondary N) is 2. The standard InChI is InChI=1S/C17H27N5O2/c1-21-11-14(10-19-21)13-5-8-22(9-6-13)12-16(23)20-15-4-2-3-7-18-17(15)24/h10-11,13,15H,2-9,12H2,1H3,(H,18,24)(H,20,23)/t15-/m1/s1. The van der Waals surface area contributed by atoms with Crippen LogP contribution in [0, 0.1) is 0 Å². The Morgan fingerprint density at radius 2 is 2.12 bits per heavy atom. The van der Waals surface area contributed by atoms with Crippen molar-refractivity contribution < 1.29 is 9.59 Å². The molecule has 1 aromatic rings. The molecule has 0 aromatic carbocycles. The van der Waals surface area contributed by atoms with Crippen LogP contribution in [-0.4, -0.2) is 58.7 Å². The van der Waals surface area contributed by atoms with E-state index in [0.717, 1.165) is 45.2 Å². The molecule has 0 unspecified atom stereocenters. The smallest absolute Gasteiger partial charge is 0.242 e. The van der Waals surface area contributed by atoms with Crippen molar-refractivity contribution in [1.82, 2.24) is 25.3 Å². The third-order valence-corrected chi connectivity index (χ3v) is 5.02. The number of aryl methyl sites for hydroxylation is 1. The van der Waals surface area contributed by atoms with Crippen LogP contribution < -0.4 is 10.6 Å². The van der Waals surface area contributed by atoms with E-state index >= 15 is 0 Å². The number of hydrogen-bond donors (Lipinski definition) is 2. The number of likely N-dealkylation sites (tertiary alicyclic amines) is 1. The lowest BCUT2D eigenvalue weighted by Crippen LogP contribution is -2.49. The number of amides is 2. The van der Waals surface area contributed by atoms with Gasteiger partial charge in [0.25, 0.3) is 0 Å². The van der Waals surface area contributed by atoms with E-state index in [4.69, 9.17) is 0 Å². The van der Waals surface area contributed by atoms with E-state index in [1.807, 2.05) is 17.9 Å². The van der Waals surface area contributed by atoms with E-state index in [1.54, 1.807) is 0 Å². The average molecular weight is 333 g/mol. The zero-order valence-electron chi connectivity index (χ0n) is 14.3. The summed E-state index contributed by atoms with van der Waals surface area (Å²) in [5, 5.41) is 9.99. The zero-order valence-corrected chi connectivity index (χ0v) is 14.3. The molecule has 0 bridgehead atoms. The fourth-order valence-electron chi connectivity index (χ4n) is 3.60. The highest BCUT2D eigenvalue weighted by Crippen LogP contribution is 2.27. The number of aromatic nitrogens is 2. The predicted molar refractivity (Wildman–Crippen MR) is 90.4 cm³/mol. The van der Waals surface area contributed by atoms with Gasteiger partial charge in [-0.25, -0.2) is 0 Å². The molecule has 2 aliphatic heterocycles. The van der Waals surface area contributed by atoms with Gasteiger partial charge >= 0.3 is 0 Å². The SMILES string of the molecule is Cn1cc(C2CCN(CC(=O)N[C@@H]3CCCCNC3=O)CC2)cn1. The fourth-order valence-corrected chi connectivity index (χ4v) is 3.60. The van der Waals surface area contributed by atoms with Gasteiger partial charge in [-0.1, -0.05) is 0 Å². The van der Waals surface area contributed by atoms with Crippen LogP contribution in [0.3, 0.4) is 0 Å². The molecule has 1 aromatic heterocycles. The van der Waals surface area contributed by atoms with Crippen molar-refractivity contribution in [2.75, 3.05) is 26.2 Å². The molecule has 2 amide bonds. The molecule has 3 heterocycles. The van der Waals surface area contributed by atoms with Gasteiger partial charge in [0.2, 0.25) is 11.8 Å². The van der Waals surface area contributed by atoms with Crippen LogP contribution in [0.5, 0.6) is 0 Å². The van der Waals surface area contributed by atoms with Crippen LogP contribution in [0.15, 0.2) is 12.4 Å². The highest BCUT2D eigenvalue weighted by molar-refractivity contribution is 5.88. The Morgan fingerprint density at radius 3 is 2.83 bits per heavy atom. The lowest BCUT2D eigenvalue weighted by molar-refractivity contribution is -0.129. The molecular formula is C17H27N5O2. The average Bonchev–Trinajstić information content (AvgIpc) is 2.90. The lowest BCUT2D eigenvalue weighted by Gasteiger charge is -2.31. The van der Waals surface area contributed by atoms with Crippen LogP contribution in [-0.2, 0) is 16.6 Å². The van der Waals surface area contributed by atoms with Crippen LogP contribution in [0.25, 0.3) is 0 Å². The minimum Gasteiger partial charge on any atom is -0.354 e. The van der Waals surface area contributed by atoms with Gasteiger partial charge in [-0.15, -0.1) is 0 Å². The van der Waals surface area contributed by atoms with Gasteiger partial charge in [0.05, 0.1) is 12.7 Å². The Kier molecular flexibility index (Phi) is 5.50. The molecule has 0 saturated carbocycles. The summed E-state index contributed by atoms with van der Waals surface area (Å²) < 4.78 is 1.84. The number of nitrogens with zero attached hydrogens (tertiary/aromatic N) is 3. The summed E-state index contributed by atoms with van der Waals surface area (Å²) in [4.78, 5) is 26.3. The molecule has 2 N–H and O–H groups in total. The molecule has 2 aliphatic rings. The van der Waals surface area contributed by atoms with E-state index in [-0.39, 0.29) is 17.9 Å². The highest BCUT2D eigenvalue weighted by Gasteiger charge is 2.26. The van der Waals surface area contributed by atoms with Crippen molar-refractivity contribution in [1.29, 1.82) is 0 Å². The number of carbonyl (C=O) groups excluding carboxylic acids is 2. The first-order valence-electron chi connectivity index (χ1n) is 8.90. The third kappa shape index (κ3) is 4.35. The van der Waals surface area contributed by atoms with E-state index in [9.17, 15) is 9.59 Å². The molecule has 7 heteroatoms. The van der Waals surface area contributed by atoms with Crippen LogP contribution in [0.1, 0.15) is 43.6 Å². The molecule has 0 radical (unpaired) electrons. The summed E-state index contributed by atoms with van der Waals surface area (Å²) in [6, 6.07) is -0.368. The molecule has 24 heavy (non-hydrogen) atoms. The van der Waals surface area contributed by atoms with Crippen molar-refractivity contribution in [2.24, 2.45) is 7.05 Å². The second kappa shape index (κ2) is 7.79. The first kappa shape index (κ1) is 17.0. The van der Waals surface area contributed by atoms with Gasteiger partial charge in [-0.3, -0.25) is 19.2 Å². The van der Waals surface area contributed by atoms with Gasteiger partial charge < -0.3 is 10.6 Å². The molecule has 3 rings (SSSR count). The monoisotopic (exact) mass is 333 g/mol. The lowest BCUT2D eigenvalue weighted by atomic mass is 9.91. The summed E-state index contributed by atoms with van der Waals surface area (Å²) in [5.74, 6) is 0.443. The topological polar surface area (TPSA) is 79.3 Å². The summed E-state index contributed by atoms with van der Waals surface area (Å²) >= 11 is 0. The minimum absolute atomic E-state index is 0.0446. The first-order valence-corrected chi connectivity index (χ1v) is 8.90. The Bertz CT molecular complexity index is 577. The van der Waals surface area contributed by atoms with Crippen molar-refractivity contribution in [2.45, 2.75) is 44.1 Å². The second-order valence-electron chi connectivity index (χ2n) is 6.90. The Balaban J connectivity index is 1.43. The van der Waals surface area contributed by atoms with Crippen LogP contribution in [0.2, 0.25) is 0 Å². The fraction of sp³-hybridized carbons (Fsp3) is 0.706. The van der Waals surface area contributed by atoms with Gasteiger partial charge in [0.1, 0.15) is 6.04 Å². The molecule has 2 saturated heterocycles. The summed E-state index contributed by atoms with van der Waals surface area (Å²) in [5.41, 5.74) is 1.29. The molecule has 0 spiro atoms. The molecule has 132 valence electrons. The van der Waals surface area contributed by atoms with Crippen molar-refractivity contribution in [3.8, 4) is 0 Å². The summed E-state index contributed by atoms with van der Waals surface area (Å²) in [7, 11) is 1.94. The number of carbonyl (C=O) groups is 2. The molecule has 1 atom stereocenters. The van der Waals surface area contributed by atoms with Crippen molar-refractivity contribution in [3.63, 3.8) is 0 Å². The number of hydrogen-bond acceptors (Lipinski definition) is 4. The normalized spacial score (nSPS) is 23.5. The predicted octanol–water partition coefficient (Wildman–Crippen LogP) is 0.384. The van der Waals surface area contributed by atoms with Gasteiger partial charge in [0, 0.05) is 19.8 Å². The van der Waals surface area contributed by atoms with Crippen LogP contribution >= 0.6 is 0 Å². The largest absolute Gasteiger partial charge is 0.354 e. The minimum atomic E-state index is -0.368. The number of piperidine rings is 1. The van der Waals surface area contributed by atoms with Gasteiger partial charge in [-0.05, 0) is 56.7 Å². The van der Waals surface area contributed by atoms with E-state index in [1.165, 1.54) is 5.56 Å². The molecule has 7 nitrogen and oxygen atoms in total. The Labute approximate surface area is 142 Å². The maximum absolute atomic E-state index is 12.2. The Hall–Kier alpha value is -1.89. The molecule has 0 aliphatic carbocycles. The van der Waals surface area contributed by atoms with Crippen LogP contribution in [0.4, 0.5) is 0 Å². The first-order chi connectivity index (χ1) is 11.6. The number of rotatable bonds is 4. The Morgan fingerprint density at radius 1 is 1.33 bits per heavy atom. The van der Waals surface area contributed by atoms with E-state index in [0.29, 0.717) is 19.0 Å². The quantitative estimate of drug-likeness (QED) is 0.835. The van der Waals surface area contributed by atoms with Gasteiger partial charge in [-0.2, -0.15) is 5.10 Å². The van der Waals surface area contributed by atoms with Gasteiger partial charge in [0.15, 0.2) is 0 Å². The van der Waals surface area contributed by atoms with E-state index < -0.39 is 0 Å². The van der Waals surface area contributed by atoms with Crippen molar-refractivity contribution >= 4 is 11.8 Å². The highest BCUT2D eigenvalue weighted by atomic mass is 16.2. The molecular weight excluding hydrogens is 306 g/mol. The second-order valence-corrected chi connectivity index (χ2v) is 6.90. The summed E-state index contributed by atoms with van der Waals surface area (Å²) in [6.45, 7) is 2.91. The van der Waals surface area contributed by atoms with E-state index in [2.05, 4.69) is 26.8 Å². The maximum Gasteiger partial charge on any atom is 0.242 e. The van der Waals surface area contributed by atoms with Crippen molar-refractivity contribution in [3.05, 3.63) is 18.0 Å².